The molecule has 0 spiro atoms. The minimum absolute atomic E-state index is 0.316. The smallest absolute Gasteiger partial charge is 0.224 e. The number of ether oxygens (including phenoxy) is 1. The zero-order valence-electron chi connectivity index (χ0n) is 18.3. The molecular formula is C25H24N6O2. The summed E-state index contributed by atoms with van der Waals surface area (Å²) in [7, 11) is 1.67. The van der Waals surface area contributed by atoms with Crippen molar-refractivity contribution in [3.05, 3.63) is 61.0 Å². The van der Waals surface area contributed by atoms with Gasteiger partial charge in [-0.3, -0.25) is 4.57 Å². The molecule has 0 radical (unpaired) electrons. The van der Waals surface area contributed by atoms with Crippen LogP contribution in [0.25, 0.3) is 39.2 Å². The van der Waals surface area contributed by atoms with E-state index in [1.54, 1.807) is 19.6 Å². The summed E-state index contributed by atoms with van der Waals surface area (Å²) in [5.74, 6) is 2.92. The van der Waals surface area contributed by atoms with Crippen LogP contribution in [0.2, 0.25) is 0 Å². The number of nitrogens with zero attached hydrogens (tertiary/aromatic N) is 4. The van der Waals surface area contributed by atoms with E-state index in [1.165, 1.54) is 0 Å². The first-order valence-electron chi connectivity index (χ1n) is 11.1. The van der Waals surface area contributed by atoms with Gasteiger partial charge in [0.2, 0.25) is 5.95 Å². The lowest BCUT2D eigenvalue weighted by Crippen LogP contribution is -2.38. The van der Waals surface area contributed by atoms with E-state index in [-0.39, 0.29) is 0 Å². The minimum atomic E-state index is 0.316. The van der Waals surface area contributed by atoms with Crippen molar-refractivity contribution >= 4 is 28.0 Å². The van der Waals surface area contributed by atoms with E-state index < -0.39 is 0 Å². The average molecular weight is 441 g/mol. The van der Waals surface area contributed by atoms with Gasteiger partial charge in [0.25, 0.3) is 0 Å². The Balaban J connectivity index is 1.50. The standard InChI is InChI=1S/C25H24N6O2/c1-32-19-5-6-20-21(14-19)31(24(29-20)17-4-7-22-16(13-17)9-12-33-22)23-8-11-27-25(30-23)28-18-3-2-10-26-15-18/h4-9,11-14,18,26H,2-3,10,15H2,1H3,(H,27,28,30)/t18-/m0/s1. The monoisotopic (exact) mass is 440 g/mol. The maximum atomic E-state index is 5.52. The molecule has 3 aromatic heterocycles. The highest BCUT2D eigenvalue weighted by atomic mass is 16.5. The second-order valence-corrected chi connectivity index (χ2v) is 8.22. The molecule has 1 fully saturated rings. The van der Waals surface area contributed by atoms with Gasteiger partial charge < -0.3 is 19.8 Å². The van der Waals surface area contributed by atoms with Crippen LogP contribution in [0.4, 0.5) is 5.95 Å². The third-order valence-corrected chi connectivity index (χ3v) is 6.07. The fraction of sp³-hybridized carbons (Fsp3) is 0.240. The molecule has 0 saturated carbocycles. The first-order valence-corrected chi connectivity index (χ1v) is 11.1. The lowest BCUT2D eigenvalue weighted by atomic mass is 10.1. The van der Waals surface area contributed by atoms with E-state index in [2.05, 4.69) is 26.3 Å². The molecule has 1 aliphatic rings. The molecule has 6 rings (SSSR count). The molecule has 1 aliphatic heterocycles. The molecule has 0 unspecified atom stereocenters. The average Bonchev–Trinajstić information content (AvgIpc) is 3.48. The highest BCUT2D eigenvalue weighted by Crippen LogP contribution is 2.32. The number of benzene rings is 2. The number of nitrogens with one attached hydrogen (secondary N) is 2. The molecule has 0 amide bonds. The normalized spacial score (nSPS) is 16.3. The molecule has 4 heterocycles. The van der Waals surface area contributed by atoms with Crippen LogP contribution in [0.1, 0.15) is 12.8 Å². The Labute approximate surface area is 190 Å². The Hall–Kier alpha value is -3.91. The van der Waals surface area contributed by atoms with Crippen LogP contribution >= 0.6 is 0 Å². The first-order chi connectivity index (χ1) is 16.3. The number of anilines is 1. The second kappa shape index (κ2) is 8.22. The van der Waals surface area contributed by atoms with Crippen molar-refractivity contribution in [1.29, 1.82) is 0 Å². The second-order valence-electron chi connectivity index (χ2n) is 8.22. The Morgan fingerprint density at radius 1 is 1.12 bits per heavy atom. The highest BCUT2D eigenvalue weighted by Gasteiger charge is 2.19. The summed E-state index contributed by atoms with van der Waals surface area (Å²) in [5, 5.41) is 7.93. The van der Waals surface area contributed by atoms with Gasteiger partial charge >= 0.3 is 0 Å². The summed E-state index contributed by atoms with van der Waals surface area (Å²) in [5.41, 5.74) is 3.60. The molecule has 1 saturated heterocycles. The van der Waals surface area contributed by atoms with Crippen molar-refractivity contribution in [1.82, 2.24) is 24.8 Å². The quantitative estimate of drug-likeness (QED) is 0.419. The topological polar surface area (TPSA) is 90.0 Å². The summed E-state index contributed by atoms with van der Waals surface area (Å²) in [6.07, 6.45) is 5.73. The van der Waals surface area contributed by atoms with Crippen molar-refractivity contribution in [3.8, 4) is 23.0 Å². The largest absolute Gasteiger partial charge is 0.497 e. The number of piperidine rings is 1. The van der Waals surface area contributed by atoms with Gasteiger partial charge in [0.1, 0.15) is 23.0 Å². The molecule has 166 valence electrons. The third-order valence-electron chi connectivity index (χ3n) is 6.07. The summed E-state index contributed by atoms with van der Waals surface area (Å²) in [4.78, 5) is 14.3. The lowest BCUT2D eigenvalue weighted by molar-refractivity contribution is 0.415. The maximum absolute atomic E-state index is 5.52. The van der Waals surface area contributed by atoms with Crippen LogP contribution in [0.15, 0.2) is 65.4 Å². The molecule has 5 aromatic rings. The number of rotatable bonds is 5. The molecule has 2 aromatic carbocycles. The number of hydrogen-bond donors (Lipinski definition) is 2. The Morgan fingerprint density at radius 3 is 2.97 bits per heavy atom. The third kappa shape index (κ3) is 3.68. The zero-order chi connectivity index (χ0) is 22.2. The van der Waals surface area contributed by atoms with Crippen molar-refractivity contribution in [2.75, 3.05) is 25.5 Å². The number of furan rings is 1. The van der Waals surface area contributed by atoms with Crippen molar-refractivity contribution < 1.29 is 9.15 Å². The number of methoxy groups -OCH3 is 1. The van der Waals surface area contributed by atoms with Gasteiger partial charge in [-0.2, -0.15) is 4.98 Å². The van der Waals surface area contributed by atoms with E-state index >= 15 is 0 Å². The summed E-state index contributed by atoms with van der Waals surface area (Å²) in [6.45, 7) is 1.97. The van der Waals surface area contributed by atoms with Crippen LogP contribution < -0.4 is 15.4 Å². The van der Waals surface area contributed by atoms with E-state index in [0.29, 0.717) is 12.0 Å². The zero-order valence-corrected chi connectivity index (χ0v) is 18.3. The molecule has 33 heavy (non-hydrogen) atoms. The minimum Gasteiger partial charge on any atom is -0.497 e. The predicted octanol–water partition coefficient (Wildman–Crippen LogP) is 4.40. The number of hydrogen-bond acceptors (Lipinski definition) is 7. The Kier molecular flexibility index (Phi) is 4.92. The van der Waals surface area contributed by atoms with Crippen LogP contribution in [-0.4, -0.2) is 45.8 Å². The molecular weight excluding hydrogens is 416 g/mol. The van der Waals surface area contributed by atoms with Gasteiger partial charge in [-0.15, -0.1) is 0 Å². The van der Waals surface area contributed by atoms with E-state index in [1.807, 2.05) is 42.5 Å². The molecule has 0 aliphatic carbocycles. The van der Waals surface area contributed by atoms with Crippen molar-refractivity contribution in [2.24, 2.45) is 0 Å². The number of imidazole rings is 1. The van der Waals surface area contributed by atoms with Gasteiger partial charge in [0.15, 0.2) is 0 Å². The summed E-state index contributed by atoms with van der Waals surface area (Å²) in [6, 6.07) is 16.1. The van der Waals surface area contributed by atoms with Crippen LogP contribution in [0.3, 0.4) is 0 Å². The van der Waals surface area contributed by atoms with Crippen molar-refractivity contribution in [3.63, 3.8) is 0 Å². The summed E-state index contributed by atoms with van der Waals surface area (Å²) >= 11 is 0. The fourth-order valence-electron chi connectivity index (χ4n) is 4.41. The van der Waals surface area contributed by atoms with Gasteiger partial charge in [-0.1, -0.05) is 0 Å². The summed E-state index contributed by atoms with van der Waals surface area (Å²) < 4.78 is 13.1. The van der Waals surface area contributed by atoms with E-state index in [4.69, 9.17) is 19.1 Å². The Bertz CT molecular complexity index is 1430. The van der Waals surface area contributed by atoms with Crippen molar-refractivity contribution in [2.45, 2.75) is 18.9 Å². The number of aromatic nitrogens is 4. The lowest BCUT2D eigenvalue weighted by Gasteiger charge is -2.23. The fourth-order valence-corrected chi connectivity index (χ4v) is 4.41. The van der Waals surface area contributed by atoms with Crippen LogP contribution in [0, 0.1) is 0 Å². The van der Waals surface area contributed by atoms with Gasteiger partial charge in [0.05, 0.1) is 24.4 Å². The van der Waals surface area contributed by atoms with E-state index in [9.17, 15) is 0 Å². The molecule has 8 heteroatoms. The highest BCUT2D eigenvalue weighted by molar-refractivity contribution is 5.87. The molecule has 0 bridgehead atoms. The molecule has 8 nitrogen and oxygen atoms in total. The molecule has 2 N–H and O–H groups in total. The Morgan fingerprint density at radius 2 is 2.09 bits per heavy atom. The predicted molar refractivity (Wildman–Crippen MR) is 128 cm³/mol. The van der Waals surface area contributed by atoms with Crippen LogP contribution in [-0.2, 0) is 0 Å². The van der Waals surface area contributed by atoms with Gasteiger partial charge in [0, 0.05) is 35.8 Å². The SMILES string of the molecule is COc1ccc2nc(-c3ccc4occc4c3)n(-c3ccnc(N[C@H]4CCCNC4)n3)c2c1. The number of fused-ring (bicyclic) bond motifs is 2. The first kappa shape index (κ1) is 19.8. The van der Waals surface area contributed by atoms with E-state index in [0.717, 1.165) is 70.9 Å². The van der Waals surface area contributed by atoms with Gasteiger partial charge in [-0.25, -0.2) is 9.97 Å². The van der Waals surface area contributed by atoms with Crippen LogP contribution in [0.5, 0.6) is 5.75 Å². The molecule has 1 atom stereocenters. The maximum Gasteiger partial charge on any atom is 0.224 e. The van der Waals surface area contributed by atoms with Gasteiger partial charge in [-0.05, 0) is 61.9 Å².